The quantitative estimate of drug-likeness (QED) is 0.267. The number of ketones is 1. The van der Waals surface area contributed by atoms with Crippen molar-refractivity contribution in [1.29, 1.82) is 0 Å². The van der Waals surface area contributed by atoms with Crippen LogP contribution in [0.5, 0.6) is 0 Å². The molecule has 0 atom stereocenters. The van der Waals surface area contributed by atoms with Crippen LogP contribution in [0.25, 0.3) is 0 Å². The van der Waals surface area contributed by atoms with Gasteiger partial charge in [0, 0.05) is 6.42 Å². The lowest BCUT2D eigenvalue weighted by atomic mass is 10.1. The van der Waals surface area contributed by atoms with Gasteiger partial charge in [-0.1, -0.05) is 24.8 Å². The van der Waals surface area contributed by atoms with Crippen LogP contribution in [0.2, 0.25) is 0 Å². The van der Waals surface area contributed by atoms with Crippen LogP contribution in [-0.4, -0.2) is 18.4 Å². The Morgan fingerprint density at radius 3 is 2.73 bits per heavy atom. The molecule has 0 aliphatic carbocycles. The summed E-state index contributed by atoms with van der Waals surface area (Å²) in [4.78, 5) is 22.1. The van der Waals surface area contributed by atoms with Crippen LogP contribution in [-0.2, 0) is 14.3 Å². The van der Waals surface area contributed by atoms with E-state index in [9.17, 15) is 9.59 Å². The third kappa shape index (κ3) is 8.94. The van der Waals surface area contributed by atoms with Crippen molar-refractivity contribution in [2.24, 2.45) is 0 Å². The molecular weight excluding hydrogens is 192 g/mol. The van der Waals surface area contributed by atoms with Gasteiger partial charge in [0.2, 0.25) is 0 Å². The lowest BCUT2D eigenvalue weighted by Crippen LogP contribution is -2.10. The van der Waals surface area contributed by atoms with Crippen molar-refractivity contribution in [2.75, 3.05) is 6.61 Å². The van der Waals surface area contributed by atoms with Crippen molar-refractivity contribution in [3.05, 3.63) is 24.8 Å². The summed E-state index contributed by atoms with van der Waals surface area (Å²) in [5.74, 6) is -0.482. The fraction of sp³-hybridized carbons (Fsp3) is 0.500. The fourth-order valence-corrected chi connectivity index (χ4v) is 1.07. The van der Waals surface area contributed by atoms with Gasteiger partial charge in [0.1, 0.15) is 12.2 Å². The summed E-state index contributed by atoms with van der Waals surface area (Å²) in [6.07, 6.45) is 7.42. The van der Waals surface area contributed by atoms with E-state index in [0.29, 0.717) is 13.0 Å². The molecule has 0 saturated heterocycles. The van der Waals surface area contributed by atoms with Gasteiger partial charge in [0.25, 0.3) is 0 Å². The molecule has 0 unspecified atom stereocenters. The summed E-state index contributed by atoms with van der Waals surface area (Å²) >= 11 is 0. The zero-order chi connectivity index (χ0) is 11.5. The average molecular weight is 210 g/mol. The Bertz CT molecular complexity index is 241. The molecule has 0 spiro atoms. The van der Waals surface area contributed by atoms with Crippen molar-refractivity contribution >= 4 is 11.8 Å². The molecule has 84 valence electrons. The van der Waals surface area contributed by atoms with Crippen LogP contribution < -0.4 is 0 Å². The molecule has 0 N–H and O–H groups in total. The Morgan fingerprint density at radius 1 is 1.40 bits per heavy atom. The van der Waals surface area contributed by atoms with Gasteiger partial charge in [-0.2, -0.15) is 0 Å². The Labute approximate surface area is 90.8 Å². The number of hydrogen-bond donors (Lipinski definition) is 0. The van der Waals surface area contributed by atoms with Crippen LogP contribution in [0, 0.1) is 0 Å². The summed E-state index contributed by atoms with van der Waals surface area (Å²) in [5, 5.41) is 0. The highest BCUT2D eigenvalue weighted by Gasteiger charge is 2.08. The first-order valence-electron chi connectivity index (χ1n) is 5.15. The van der Waals surface area contributed by atoms with E-state index in [-0.39, 0.29) is 12.2 Å². The van der Waals surface area contributed by atoms with Crippen molar-refractivity contribution in [1.82, 2.24) is 0 Å². The van der Waals surface area contributed by atoms with E-state index >= 15 is 0 Å². The summed E-state index contributed by atoms with van der Waals surface area (Å²) in [7, 11) is 0. The third-order valence-corrected chi connectivity index (χ3v) is 1.75. The van der Waals surface area contributed by atoms with E-state index in [2.05, 4.69) is 11.3 Å². The van der Waals surface area contributed by atoms with Crippen molar-refractivity contribution in [3.8, 4) is 0 Å². The van der Waals surface area contributed by atoms with E-state index in [1.54, 1.807) is 13.0 Å². The molecule has 0 aliphatic rings. The van der Waals surface area contributed by atoms with E-state index < -0.39 is 5.97 Å². The lowest BCUT2D eigenvalue weighted by molar-refractivity contribution is -0.145. The first kappa shape index (κ1) is 13.6. The van der Waals surface area contributed by atoms with E-state index in [1.807, 2.05) is 12.2 Å². The van der Waals surface area contributed by atoms with Gasteiger partial charge >= 0.3 is 5.97 Å². The average Bonchev–Trinajstić information content (AvgIpc) is 2.17. The Balaban J connectivity index is 3.53. The summed E-state index contributed by atoms with van der Waals surface area (Å²) in [6, 6.07) is 0. The monoisotopic (exact) mass is 210 g/mol. The summed E-state index contributed by atoms with van der Waals surface area (Å²) < 4.78 is 4.67. The Morgan fingerprint density at radius 2 is 2.13 bits per heavy atom. The molecule has 0 aromatic rings. The second-order valence-electron chi connectivity index (χ2n) is 3.08. The van der Waals surface area contributed by atoms with E-state index in [1.165, 1.54) is 0 Å². The number of ether oxygens (including phenoxy) is 1. The largest absolute Gasteiger partial charge is 0.466 e. The molecule has 0 aliphatic heterocycles. The number of hydrogen-bond acceptors (Lipinski definition) is 3. The van der Waals surface area contributed by atoms with Crippen LogP contribution in [0.4, 0.5) is 0 Å². The topological polar surface area (TPSA) is 43.4 Å². The van der Waals surface area contributed by atoms with Gasteiger partial charge in [0.05, 0.1) is 6.61 Å². The zero-order valence-corrected chi connectivity index (χ0v) is 9.20. The molecule has 0 amide bonds. The second-order valence-corrected chi connectivity index (χ2v) is 3.08. The molecule has 15 heavy (non-hydrogen) atoms. The molecule has 0 radical (unpaired) electrons. The van der Waals surface area contributed by atoms with Gasteiger partial charge in [-0.3, -0.25) is 9.59 Å². The fourth-order valence-electron chi connectivity index (χ4n) is 1.07. The minimum Gasteiger partial charge on any atom is -0.466 e. The molecular formula is C12H18O3. The van der Waals surface area contributed by atoms with Crippen molar-refractivity contribution in [3.63, 3.8) is 0 Å². The molecule has 3 heteroatoms. The summed E-state index contributed by atoms with van der Waals surface area (Å²) in [5.41, 5.74) is 0. The van der Waals surface area contributed by atoms with Crippen LogP contribution >= 0.6 is 0 Å². The standard InChI is InChI=1S/C12H18O3/c1-3-5-6-7-8-9-11(13)10-12(14)15-4-2/h3,5-6H,1,4,7-10H2,2H3/b6-5-. The summed E-state index contributed by atoms with van der Waals surface area (Å²) in [6.45, 7) is 5.59. The predicted molar refractivity (Wildman–Crippen MR) is 59.4 cm³/mol. The third-order valence-electron chi connectivity index (χ3n) is 1.75. The first-order valence-corrected chi connectivity index (χ1v) is 5.15. The van der Waals surface area contributed by atoms with E-state index in [0.717, 1.165) is 12.8 Å². The van der Waals surface area contributed by atoms with Gasteiger partial charge < -0.3 is 4.74 Å². The normalized spacial score (nSPS) is 10.2. The molecule has 0 bridgehead atoms. The minimum absolute atomic E-state index is 0.0551. The van der Waals surface area contributed by atoms with Crippen LogP contribution in [0.15, 0.2) is 24.8 Å². The first-order chi connectivity index (χ1) is 7.20. The molecule has 0 fully saturated rings. The number of rotatable bonds is 8. The van der Waals surface area contributed by atoms with E-state index in [4.69, 9.17) is 0 Å². The maximum atomic E-state index is 11.2. The van der Waals surface area contributed by atoms with Gasteiger partial charge in [-0.15, -0.1) is 0 Å². The molecule has 0 aromatic carbocycles. The molecule has 0 rings (SSSR count). The zero-order valence-electron chi connectivity index (χ0n) is 9.20. The lowest BCUT2D eigenvalue weighted by Gasteiger charge is -2.00. The highest BCUT2D eigenvalue weighted by molar-refractivity contribution is 5.95. The predicted octanol–water partition coefficient (Wildman–Crippen LogP) is 2.42. The molecule has 3 nitrogen and oxygen atoms in total. The maximum absolute atomic E-state index is 11.2. The Kier molecular flexibility index (Phi) is 8.34. The number of Topliss-reactive ketones (excluding diaryl/α,β-unsaturated/α-hetero) is 1. The number of allylic oxidation sites excluding steroid dienone is 3. The number of carbonyl (C=O) groups is 2. The van der Waals surface area contributed by atoms with Gasteiger partial charge in [0.15, 0.2) is 0 Å². The van der Waals surface area contributed by atoms with Crippen molar-refractivity contribution in [2.45, 2.75) is 32.6 Å². The molecule has 0 saturated carbocycles. The van der Waals surface area contributed by atoms with Gasteiger partial charge in [-0.25, -0.2) is 0 Å². The number of unbranched alkanes of at least 4 members (excludes halogenated alkanes) is 1. The smallest absolute Gasteiger partial charge is 0.313 e. The van der Waals surface area contributed by atoms with Gasteiger partial charge in [-0.05, 0) is 19.8 Å². The highest BCUT2D eigenvalue weighted by atomic mass is 16.5. The highest BCUT2D eigenvalue weighted by Crippen LogP contribution is 2.01. The molecule has 0 aromatic heterocycles. The maximum Gasteiger partial charge on any atom is 0.313 e. The minimum atomic E-state index is -0.427. The SMILES string of the molecule is C=C/C=C\CCCC(=O)CC(=O)OCC. The second kappa shape index (κ2) is 9.19. The number of carbonyl (C=O) groups excluding carboxylic acids is 2. The van der Waals surface area contributed by atoms with Crippen LogP contribution in [0.3, 0.4) is 0 Å². The van der Waals surface area contributed by atoms with Crippen LogP contribution in [0.1, 0.15) is 32.6 Å². The van der Waals surface area contributed by atoms with Crippen molar-refractivity contribution < 1.29 is 14.3 Å². The number of esters is 1. The molecule has 0 heterocycles. The Hall–Kier alpha value is -1.38.